The van der Waals surface area contributed by atoms with Crippen LogP contribution < -0.4 is 11.1 Å². The van der Waals surface area contributed by atoms with E-state index >= 15 is 0 Å². The Labute approximate surface area is 100 Å². The Bertz CT molecular complexity index is 453. The minimum atomic E-state index is -0.342. The van der Waals surface area contributed by atoms with Gasteiger partial charge in [0.25, 0.3) is 5.69 Å². The van der Waals surface area contributed by atoms with Gasteiger partial charge in [0.1, 0.15) is 0 Å². The highest BCUT2D eigenvalue weighted by Crippen LogP contribution is 2.29. The van der Waals surface area contributed by atoms with Crippen molar-refractivity contribution < 1.29 is 4.92 Å². The SMILES string of the molecule is Cc1cc([N+](=O)[O-])c(C)cc1NC1CC(N)C1. The Kier molecular flexibility index (Phi) is 3.02. The molecule has 0 atom stereocenters. The maximum atomic E-state index is 10.8. The summed E-state index contributed by atoms with van der Waals surface area (Å²) in [5.74, 6) is 0. The van der Waals surface area contributed by atoms with E-state index in [1.807, 2.05) is 13.0 Å². The van der Waals surface area contributed by atoms with E-state index in [9.17, 15) is 10.1 Å². The van der Waals surface area contributed by atoms with E-state index in [2.05, 4.69) is 5.32 Å². The molecule has 5 heteroatoms. The van der Waals surface area contributed by atoms with Crippen LogP contribution in [0.4, 0.5) is 11.4 Å². The minimum absolute atomic E-state index is 0.179. The molecule has 0 aromatic heterocycles. The summed E-state index contributed by atoms with van der Waals surface area (Å²) in [7, 11) is 0. The monoisotopic (exact) mass is 235 g/mol. The average molecular weight is 235 g/mol. The first-order chi connectivity index (χ1) is 7.97. The van der Waals surface area contributed by atoms with Crippen LogP contribution in [-0.2, 0) is 0 Å². The molecule has 0 unspecified atom stereocenters. The second-order valence-corrected chi connectivity index (χ2v) is 4.78. The zero-order valence-corrected chi connectivity index (χ0v) is 10.1. The van der Waals surface area contributed by atoms with Crippen LogP contribution in [0.3, 0.4) is 0 Å². The van der Waals surface area contributed by atoms with Crippen LogP contribution in [0.5, 0.6) is 0 Å². The van der Waals surface area contributed by atoms with Crippen molar-refractivity contribution >= 4 is 11.4 Å². The first-order valence-electron chi connectivity index (χ1n) is 5.75. The lowest BCUT2D eigenvalue weighted by Crippen LogP contribution is -2.44. The second-order valence-electron chi connectivity index (χ2n) is 4.78. The number of benzene rings is 1. The van der Waals surface area contributed by atoms with Crippen molar-refractivity contribution in [2.75, 3.05) is 5.32 Å². The van der Waals surface area contributed by atoms with E-state index in [4.69, 9.17) is 5.73 Å². The van der Waals surface area contributed by atoms with Crippen LogP contribution in [0.2, 0.25) is 0 Å². The van der Waals surface area contributed by atoms with Crippen molar-refractivity contribution in [2.24, 2.45) is 5.73 Å². The van der Waals surface area contributed by atoms with Crippen molar-refractivity contribution in [3.05, 3.63) is 33.4 Å². The van der Waals surface area contributed by atoms with Gasteiger partial charge in [0.2, 0.25) is 0 Å². The number of anilines is 1. The number of hydrogen-bond donors (Lipinski definition) is 2. The van der Waals surface area contributed by atoms with Gasteiger partial charge in [0.15, 0.2) is 0 Å². The third-order valence-corrected chi connectivity index (χ3v) is 3.27. The first-order valence-corrected chi connectivity index (χ1v) is 5.75. The molecule has 0 aliphatic heterocycles. The highest BCUT2D eigenvalue weighted by atomic mass is 16.6. The van der Waals surface area contributed by atoms with Gasteiger partial charge >= 0.3 is 0 Å². The van der Waals surface area contributed by atoms with E-state index in [-0.39, 0.29) is 10.6 Å². The normalized spacial score (nSPS) is 23.0. The molecule has 0 spiro atoms. The van der Waals surface area contributed by atoms with Gasteiger partial charge in [-0.3, -0.25) is 10.1 Å². The van der Waals surface area contributed by atoms with Crippen molar-refractivity contribution in [1.29, 1.82) is 0 Å². The lowest BCUT2D eigenvalue weighted by molar-refractivity contribution is -0.385. The molecule has 1 aromatic carbocycles. The molecule has 0 radical (unpaired) electrons. The highest BCUT2D eigenvalue weighted by Gasteiger charge is 2.26. The Morgan fingerprint density at radius 3 is 2.53 bits per heavy atom. The zero-order valence-electron chi connectivity index (χ0n) is 10.1. The van der Waals surface area contributed by atoms with Crippen molar-refractivity contribution in [3.63, 3.8) is 0 Å². The van der Waals surface area contributed by atoms with E-state index < -0.39 is 0 Å². The van der Waals surface area contributed by atoms with Crippen LogP contribution in [-0.4, -0.2) is 17.0 Å². The van der Waals surface area contributed by atoms with E-state index in [0.29, 0.717) is 17.6 Å². The molecular formula is C12H17N3O2. The van der Waals surface area contributed by atoms with E-state index in [1.54, 1.807) is 13.0 Å². The van der Waals surface area contributed by atoms with Crippen molar-refractivity contribution in [3.8, 4) is 0 Å². The van der Waals surface area contributed by atoms with Gasteiger partial charge in [-0.25, -0.2) is 0 Å². The third-order valence-electron chi connectivity index (χ3n) is 3.27. The van der Waals surface area contributed by atoms with Gasteiger partial charge in [-0.15, -0.1) is 0 Å². The molecule has 5 nitrogen and oxygen atoms in total. The summed E-state index contributed by atoms with van der Waals surface area (Å²) in [6.07, 6.45) is 1.94. The number of nitro benzene ring substituents is 1. The average Bonchev–Trinajstić information content (AvgIpc) is 2.20. The molecule has 1 saturated carbocycles. The first kappa shape index (κ1) is 11.9. The summed E-state index contributed by atoms with van der Waals surface area (Å²) in [6.45, 7) is 3.64. The maximum absolute atomic E-state index is 10.8. The second kappa shape index (κ2) is 4.33. The number of nitrogens with one attached hydrogen (secondary N) is 1. The molecular weight excluding hydrogens is 218 g/mol. The minimum Gasteiger partial charge on any atom is -0.382 e. The summed E-state index contributed by atoms with van der Waals surface area (Å²) in [5.41, 5.74) is 8.47. The van der Waals surface area contributed by atoms with Crippen molar-refractivity contribution in [1.82, 2.24) is 0 Å². The summed E-state index contributed by atoms with van der Waals surface area (Å²) < 4.78 is 0. The molecule has 0 amide bonds. The molecule has 1 fully saturated rings. The molecule has 0 bridgehead atoms. The maximum Gasteiger partial charge on any atom is 0.272 e. The molecule has 1 aromatic rings. The molecule has 1 aliphatic rings. The lowest BCUT2D eigenvalue weighted by Gasteiger charge is -2.34. The number of nitro groups is 1. The van der Waals surface area contributed by atoms with Crippen LogP contribution in [0.25, 0.3) is 0 Å². The van der Waals surface area contributed by atoms with Crippen LogP contribution in [0.1, 0.15) is 24.0 Å². The van der Waals surface area contributed by atoms with E-state index in [1.165, 1.54) is 0 Å². The number of rotatable bonds is 3. The van der Waals surface area contributed by atoms with Crippen LogP contribution >= 0.6 is 0 Å². The predicted molar refractivity (Wildman–Crippen MR) is 67.2 cm³/mol. The molecule has 3 N–H and O–H groups in total. The van der Waals surface area contributed by atoms with Crippen molar-refractivity contribution in [2.45, 2.75) is 38.8 Å². The quantitative estimate of drug-likeness (QED) is 0.621. The fourth-order valence-corrected chi connectivity index (χ4v) is 2.15. The number of aryl methyl sites for hydroxylation is 2. The Morgan fingerprint density at radius 2 is 2.00 bits per heavy atom. The number of hydrogen-bond acceptors (Lipinski definition) is 4. The Hall–Kier alpha value is -1.62. The van der Waals surface area contributed by atoms with Gasteiger partial charge in [-0.2, -0.15) is 0 Å². The molecule has 1 aliphatic carbocycles. The number of nitrogens with two attached hydrogens (primary N) is 1. The van der Waals surface area contributed by atoms with Gasteiger partial charge in [0.05, 0.1) is 4.92 Å². The smallest absolute Gasteiger partial charge is 0.272 e. The number of nitrogens with zero attached hydrogens (tertiary/aromatic N) is 1. The zero-order chi connectivity index (χ0) is 12.6. The van der Waals surface area contributed by atoms with Gasteiger partial charge in [0, 0.05) is 29.4 Å². The summed E-state index contributed by atoms with van der Waals surface area (Å²) in [4.78, 5) is 10.4. The molecule has 17 heavy (non-hydrogen) atoms. The molecule has 0 saturated heterocycles. The Morgan fingerprint density at radius 1 is 1.35 bits per heavy atom. The topological polar surface area (TPSA) is 81.2 Å². The van der Waals surface area contributed by atoms with Crippen LogP contribution in [0.15, 0.2) is 12.1 Å². The van der Waals surface area contributed by atoms with Gasteiger partial charge in [-0.1, -0.05) is 0 Å². The van der Waals surface area contributed by atoms with E-state index in [0.717, 1.165) is 24.1 Å². The standard InChI is InChI=1S/C12H17N3O2/c1-7-4-12(15(16)17)8(2)3-11(7)14-10-5-9(13)6-10/h3-4,9-10,14H,5-6,13H2,1-2H3. The summed E-state index contributed by atoms with van der Waals surface area (Å²) in [5, 5.41) is 14.2. The highest BCUT2D eigenvalue weighted by molar-refractivity contribution is 5.59. The predicted octanol–water partition coefficient (Wildman–Crippen LogP) is 2.11. The third kappa shape index (κ3) is 2.39. The summed E-state index contributed by atoms with van der Waals surface area (Å²) >= 11 is 0. The van der Waals surface area contributed by atoms with Gasteiger partial charge in [-0.05, 0) is 38.3 Å². The fourth-order valence-electron chi connectivity index (χ4n) is 2.15. The van der Waals surface area contributed by atoms with Gasteiger partial charge < -0.3 is 11.1 Å². The largest absolute Gasteiger partial charge is 0.382 e. The molecule has 0 heterocycles. The van der Waals surface area contributed by atoms with Crippen LogP contribution in [0, 0.1) is 24.0 Å². The lowest BCUT2D eigenvalue weighted by atomic mass is 9.87. The fraction of sp³-hybridized carbons (Fsp3) is 0.500. The molecule has 2 rings (SSSR count). The summed E-state index contributed by atoms with van der Waals surface area (Å²) in [6, 6.07) is 4.17. The molecule has 92 valence electrons. The Balaban J connectivity index is 2.18.